The maximum Gasteiger partial charge on any atom is 0.252 e. The van der Waals surface area contributed by atoms with Crippen molar-refractivity contribution in [1.29, 1.82) is 0 Å². The summed E-state index contributed by atoms with van der Waals surface area (Å²) in [4.78, 5) is 11.2. The van der Waals surface area contributed by atoms with Crippen LogP contribution in [0.5, 0.6) is 0 Å². The summed E-state index contributed by atoms with van der Waals surface area (Å²) in [5.41, 5.74) is 1.02. The van der Waals surface area contributed by atoms with E-state index in [4.69, 9.17) is 5.14 Å². The first-order valence-electron chi connectivity index (χ1n) is 10.5. The molecule has 2 aromatic rings. The Balaban J connectivity index is 1.26. The lowest BCUT2D eigenvalue weighted by molar-refractivity contribution is -0.000194. The van der Waals surface area contributed by atoms with Crippen LogP contribution in [0.4, 0.5) is 14.6 Å². The highest BCUT2D eigenvalue weighted by Gasteiger charge is 2.54. The van der Waals surface area contributed by atoms with E-state index in [9.17, 15) is 13.9 Å². The van der Waals surface area contributed by atoms with E-state index in [-0.39, 0.29) is 30.1 Å². The predicted molar refractivity (Wildman–Crippen MR) is 111 cm³/mol. The molecule has 0 bridgehead atoms. The van der Waals surface area contributed by atoms with Crippen LogP contribution in [0, 0.1) is 5.41 Å². The Labute approximate surface area is 178 Å². The maximum atomic E-state index is 12.7. The number of rotatable bonds is 6. The summed E-state index contributed by atoms with van der Waals surface area (Å²) >= 11 is 0.925. The second-order valence-corrected chi connectivity index (χ2v) is 9.68. The Bertz CT molecular complexity index is 890. The molecule has 164 valence electrons. The maximum absolute atomic E-state index is 12.7. The van der Waals surface area contributed by atoms with Gasteiger partial charge in [-0.15, -0.1) is 0 Å². The van der Waals surface area contributed by atoms with Crippen LogP contribution in [-0.2, 0) is 0 Å². The number of nitrogens with two attached hydrogens (primary N) is 1. The average Bonchev–Trinajstić information content (AvgIpc) is 3.10. The van der Waals surface area contributed by atoms with Crippen molar-refractivity contribution in [2.75, 3.05) is 24.5 Å². The fourth-order valence-corrected chi connectivity index (χ4v) is 5.92. The largest absolute Gasteiger partial charge is 0.393 e. The van der Waals surface area contributed by atoms with Crippen LogP contribution in [0.25, 0.3) is 11.0 Å². The number of aromatic nitrogens is 4. The van der Waals surface area contributed by atoms with Gasteiger partial charge in [0.05, 0.1) is 30.3 Å². The Morgan fingerprint density at radius 2 is 1.97 bits per heavy atom. The third kappa shape index (κ3) is 3.55. The summed E-state index contributed by atoms with van der Waals surface area (Å²) < 4.78 is 29.0. The quantitative estimate of drug-likeness (QED) is 0.663. The van der Waals surface area contributed by atoms with E-state index in [1.54, 1.807) is 10.6 Å². The molecule has 0 aromatic carbocycles. The van der Waals surface area contributed by atoms with Crippen LogP contribution in [0.1, 0.15) is 44.6 Å². The molecule has 0 amide bonds. The number of fused-ring (bicyclic) bond motifs is 1. The van der Waals surface area contributed by atoms with Gasteiger partial charge in [-0.05, 0) is 38.5 Å². The van der Waals surface area contributed by atoms with Gasteiger partial charge in [-0.2, -0.15) is 5.10 Å². The number of aliphatic hydroxyl groups is 1. The van der Waals surface area contributed by atoms with E-state index < -0.39 is 6.43 Å². The lowest BCUT2D eigenvalue weighted by Gasteiger charge is -2.61. The number of anilines is 1. The second kappa shape index (κ2) is 7.85. The lowest BCUT2D eigenvalue weighted by Crippen LogP contribution is -2.66. The monoisotopic (exact) mass is 439 g/mol. The van der Waals surface area contributed by atoms with Crippen LogP contribution in [0.2, 0.25) is 0 Å². The van der Waals surface area contributed by atoms with Crippen molar-refractivity contribution >= 4 is 29.0 Å². The highest BCUT2D eigenvalue weighted by Crippen LogP contribution is 2.52. The molecule has 30 heavy (non-hydrogen) atoms. The molecule has 3 N–H and O–H groups in total. The van der Waals surface area contributed by atoms with Crippen molar-refractivity contribution < 1.29 is 13.9 Å². The summed E-state index contributed by atoms with van der Waals surface area (Å²) in [5.74, 6) is 0.897. The molecule has 1 saturated heterocycles. The van der Waals surface area contributed by atoms with Gasteiger partial charge >= 0.3 is 0 Å². The second-order valence-electron chi connectivity index (χ2n) is 9.00. The van der Waals surface area contributed by atoms with Crippen LogP contribution < -0.4 is 10.0 Å². The number of alkyl halides is 2. The molecular weight excluding hydrogens is 412 g/mol. The summed E-state index contributed by atoms with van der Waals surface area (Å²) in [6, 6.07) is 0.379. The zero-order valence-corrected chi connectivity index (χ0v) is 17.5. The van der Waals surface area contributed by atoms with E-state index in [1.165, 1.54) is 0 Å². The smallest absolute Gasteiger partial charge is 0.252 e. The van der Waals surface area contributed by atoms with Gasteiger partial charge in [0, 0.05) is 36.7 Å². The van der Waals surface area contributed by atoms with Crippen LogP contribution >= 0.6 is 12.1 Å². The minimum absolute atomic E-state index is 0.117. The third-order valence-corrected chi connectivity index (χ3v) is 7.65. The molecule has 0 unspecified atom stereocenters. The first kappa shape index (κ1) is 20.3. The fourth-order valence-electron chi connectivity index (χ4n) is 5.40. The molecule has 2 aromatic heterocycles. The van der Waals surface area contributed by atoms with Crippen molar-refractivity contribution in [2.24, 2.45) is 10.6 Å². The zero-order valence-electron chi connectivity index (χ0n) is 16.7. The van der Waals surface area contributed by atoms with Crippen molar-refractivity contribution in [3.8, 4) is 0 Å². The van der Waals surface area contributed by atoms with Gasteiger partial charge < -0.3 is 10.0 Å². The summed E-state index contributed by atoms with van der Waals surface area (Å²) in [6.07, 6.45) is 6.04. The van der Waals surface area contributed by atoms with Gasteiger partial charge in [-0.25, -0.2) is 27.7 Å². The van der Waals surface area contributed by atoms with Gasteiger partial charge in [-0.3, -0.25) is 5.14 Å². The zero-order chi connectivity index (χ0) is 20.9. The first-order valence-corrected chi connectivity index (χ1v) is 11.3. The molecule has 2 saturated carbocycles. The van der Waals surface area contributed by atoms with Gasteiger partial charge in [0.2, 0.25) is 0 Å². The molecular formula is C19H27F2N7OS. The standard InChI is InChI=1S/C19H27F2N7OS/c20-16(21)8-27(30-22)13-5-19(6-13)9-26(10-19)17-15-7-25-28(18(15)24-11-23-17)12-1-3-14(29)4-2-12/h7,11-14,16,29H,1-6,8-10,22H2. The SMILES string of the molecule is NSN(CC(F)F)C1CC2(C1)CN(c1ncnc3c1cnn3C1CCC(O)CC1)C2. The van der Waals surface area contributed by atoms with Crippen LogP contribution in [0.15, 0.2) is 12.5 Å². The molecule has 1 aliphatic heterocycles. The molecule has 1 spiro atoms. The lowest BCUT2D eigenvalue weighted by atomic mass is 9.60. The minimum atomic E-state index is -2.37. The van der Waals surface area contributed by atoms with Gasteiger partial charge in [0.25, 0.3) is 6.43 Å². The number of nitrogens with zero attached hydrogens (tertiary/aromatic N) is 6. The summed E-state index contributed by atoms with van der Waals surface area (Å²) in [5, 5.41) is 20.9. The van der Waals surface area contributed by atoms with Gasteiger partial charge in [-0.1, -0.05) is 0 Å². The van der Waals surface area contributed by atoms with Crippen LogP contribution in [0.3, 0.4) is 0 Å². The van der Waals surface area contributed by atoms with Gasteiger partial charge in [0.1, 0.15) is 12.1 Å². The molecule has 3 fully saturated rings. The normalized spacial score (nSPS) is 26.5. The van der Waals surface area contributed by atoms with Crippen LogP contribution in [-0.4, -0.2) is 67.4 Å². The number of hydrogen-bond acceptors (Lipinski definition) is 8. The fraction of sp³-hybridized carbons (Fsp3) is 0.737. The molecule has 0 atom stereocenters. The van der Waals surface area contributed by atoms with Crippen molar-refractivity contribution in [3.63, 3.8) is 0 Å². The van der Waals surface area contributed by atoms with E-state index in [1.807, 2.05) is 10.9 Å². The Morgan fingerprint density at radius 1 is 1.23 bits per heavy atom. The van der Waals surface area contributed by atoms with E-state index in [0.717, 1.165) is 80.6 Å². The number of hydrogen-bond donors (Lipinski definition) is 2. The first-order chi connectivity index (χ1) is 14.5. The third-order valence-electron chi connectivity index (χ3n) is 6.93. The molecule has 3 heterocycles. The highest BCUT2D eigenvalue weighted by atomic mass is 32.2. The minimum Gasteiger partial charge on any atom is -0.393 e. The van der Waals surface area contributed by atoms with E-state index >= 15 is 0 Å². The topological polar surface area (TPSA) is 96.3 Å². The molecule has 3 aliphatic rings. The number of halogens is 2. The van der Waals surface area contributed by atoms with Crippen molar-refractivity contribution in [2.45, 2.75) is 63.1 Å². The average molecular weight is 440 g/mol. The summed E-state index contributed by atoms with van der Waals surface area (Å²) in [6.45, 7) is 1.46. The van der Waals surface area contributed by atoms with E-state index in [2.05, 4.69) is 20.0 Å². The molecule has 11 heteroatoms. The Morgan fingerprint density at radius 3 is 2.63 bits per heavy atom. The molecule has 2 aliphatic carbocycles. The molecule has 5 rings (SSSR count). The Hall–Kier alpha value is -1.56. The Kier molecular flexibility index (Phi) is 5.32. The van der Waals surface area contributed by atoms with Gasteiger partial charge in [0.15, 0.2) is 5.65 Å². The number of aliphatic hydroxyl groups excluding tert-OH is 1. The summed E-state index contributed by atoms with van der Waals surface area (Å²) in [7, 11) is 0. The molecule has 8 nitrogen and oxygen atoms in total. The highest BCUT2D eigenvalue weighted by molar-refractivity contribution is 7.94. The van der Waals surface area contributed by atoms with Crippen molar-refractivity contribution in [3.05, 3.63) is 12.5 Å². The predicted octanol–water partition coefficient (Wildman–Crippen LogP) is 2.36. The molecule has 0 radical (unpaired) electrons. The van der Waals surface area contributed by atoms with E-state index in [0.29, 0.717) is 0 Å². The van der Waals surface area contributed by atoms with Crippen molar-refractivity contribution in [1.82, 2.24) is 24.1 Å².